The molecular weight excluding hydrogens is 246 g/mol. The van der Waals surface area contributed by atoms with E-state index in [9.17, 15) is 0 Å². The van der Waals surface area contributed by atoms with Crippen molar-refractivity contribution in [1.82, 2.24) is 5.32 Å². The smallest absolute Gasteiger partial charge is 0.119 e. The molecule has 2 nitrogen and oxygen atoms in total. The molecule has 2 unspecified atom stereocenters. The minimum atomic E-state index is 0.694. The van der Waals surface area contributed by atoms with Gasteiger partial charge < -0.3 is 10.1 Å². The molecule has 1 aromatic rings. The van der Waals surface area contributed by atoms with Crippen molar-refractivity contribution in [2.24, 2.45) is 5.92 Å². The number of aryl methyl sites for hydroxylation is 1. The van der Waals surface area contributed by atoms with Crippen LogP contribution in [0.5, 0.6) is 5.75 Å². The largest absolute Gasteiger partial charge is 0.492 e. The zero-order chi connectivity index (χ0) is 14.2. The molecule has 0 saturated heterocycles. The highest BCUT2D eigenvalue weighted by atomic mass is 16.5. The second kappa shape index (κ2) is 8.31. The first-order valence-electron chi connectivity index (χ1n) is 8.24. The summed E-state index contributed by atoms with van der Waals surface area (Å²) in [6.45, 7) is 6.29. The number of benzene rings is 1. The van der Waals surface area contributed by atoms with E-state index in [4.69, 9.17) is 4.74 Å². The molecule has 0 bridgehead atoms. The predicted octanol–water partition coefficient (Wildman–Crippen LogP) is 4.19. The van der Waals surface area contributed by atoms with Crippen molar-refractivity contribution in [2.45, 2.75) is 58.4 Å². The van der Waals surface area contributed by atoms with Crippen molar-refractivity contribution < 1.29 is 4.74 Å². The molecule has 1 N–H and O–H groups in total. The number of hydrogen-bond acceptors (Lipinski definition) is 2. The van der Waals surface area contributed by atoms with Crippen molar-refractivity contribution in [2.75, 3.05) is 13.2 Å². The highest BCUT2D eigenvalue weighted by molar-refractivity contribution is 5.27. The van der Waals surface area contributed by atoms with Crippen molar-refractivity contribution in [3.05, 3.63) is 29.8 Å². The van der Waals surface area contributed by atoms with Crippen LogP contribution < -0.4 is 10.1 Å². The molecule has 1 saturated carbocycles. The van der Waals surface area contributed by atoms with Gasteiger partial charge in [-0.3, -0.25) is 0 Å². The first-order chi connectivity index (χ1) is 9.79. The third-order valence-corrected chi connectivity index (χ3v) is 4.35. The minimum absolute atomic E-state index is 0.694. The molecule has 20 heavy (non-hydrogen) atoms. The topological polar surface area (TPSA) is 21.3 Å². The maximum absolute atomic E-state index is 5.80. The van der Waals surface area contributed by atoms with Crippen molar-refractivity contribution in [3.8, 4) is 5.75 Å². The van der Waals surface area contributed by atoms with Crippen LogP contribution in [0.3, 0.4) is 0 Å². The molecule has 0 spiro atoms. The first kappa shape index (κ1) is 15.4. The van der Waals surface area contributed by atoms with Crippen molar-refractivity contribution in [3.63, 3.8) is 0 Å². The molecule has 2 atom stereocenters. The molecule has 0 amide bonds. The van der Waals surface area contributed by atoms with Gasteiger partial charge in [0.05, 0.1) is 0 Å². The summed E-state index contributed by atoms with van der Waals surface area (Å²) in [4.78, 5) is 0. The van der Waals surface area contributed by atoms with Crippen LogP contribution in [0.4, 0.5) is 0 Å². The van der Waals surface area contributed by atoms with Gasteiger partial charge in [0.25, 0.3) is 0 Å². The Hall–Kier alpha value is -1.02. The molecule has 1 aliphatic rings. The molecule has 0 aliphatic heterocycles. The standard InChI is InChI=1S/C18H29NO/c1-3-6-16-9-11-17(12-10-16)20-14-13-19-18-8-5-4-7-15(18)2/h9-12,15,18-19H,3-8,13-14H2,1-2H3. The lowest BCUT2D eigenvalue weighted by molar-refractivity contribution is 0.251. The van der Waals surface area contributed by atoms with Gasteiger partial charge in [-0.1, -0.05) is 45.2 Å². The van der Waals surface area contributed by atoms with Gasteiger partial charge in [-0.2, -0.15) is 0 Å². The second-order valence-corrected chi connectivity index (χ2v) is 6.06. The summed E-state index contributed by atoms with van der Waals surface area (Å²) in [7, 11) is 0. The Morgan fingerprint density at radius 3 is 2.60 bits per heavy atom. The van der Waals surface area contributed by atoms with Crippen LogP contribution >= 0.6 is 0 Å². The second-order valence-electron chi connectivity index (χ2n) is 6.06. The Labute approximate surface area is 123 Å². The molecule has 1 fully saturated rings. The van der Waals surface area contributed by atoms with Gasteiger partial charge in [-0.05, 0) is 42.9 Å². The SMILES string of the molecule is CCCc1ccc(OCCNC2CCCCC2C)cc1. The summed E-state index contributed by atoms with van der Waals surface area (Å²) in [5.41, 5.74) is 1.40. The molecule has 0 aromatic heterocycles. The van der Waals surface area contributed by atoms with E-state index in [2.05, 4.69) is 43.4 Å². The summed E-state index contributed by atoms with van der Waals surface area (Å²) < 4.78 is 5.80. The fourth-order valence-electron chi connectivity index (χ4n) is 3.07. The van der Waals surface area contributed by atoms with Crippen LogP contribution in [-0.2, 0) is 6.42 Å². The van der Waals surface area contributed by atoms with Crippen LogP contribution in [0, 0.1) is 5.92 Å². The molecule has 0 heterocycles. The number of hydrogen-bond donors (Lipinski definition) is 1. The molecular formula is C18H29NO. The summed E-state index contributed by atoms with van der Waals surface area (Å²) in [5.74, 6) is 1.81. The fourth-order valence-corrected chi connectivity index (χ4v) is 3.07. The Morgan fingerprint density at radius 1 is 1.15 bits per heavy atom. The van der Waals surface area contributed by atoms with Crippen LogP contribution in [0.15, 0.2) is 24.3 Å². The average Bonchev–Trinajstić information content (AvgIpc) is 2.47. The molecule has 2 heteroatoms. The van der Waals surface area contributed by atoms with Crippen LogP contribution in [0.2, 0.25) is 0 Å². The lowest BCUT2D eigenvalue weighted by Crippen LogP contribution is -2.39. The summed E-state index contributed by atoms with van der Waals surface area (Å²) >= 11 is 0. The van der Waals surface area contributed by atoms with Gasteiger partial charge in [0.2, 0.25) is 0 Å². The zero-order valence-corrected chi connectivity index (χ0v) is 13.0. The summed E-state index contributed by atoms with van der Waals surface area (Å²) in [5, 5.41) is 3.65. The van der Waals surface area contributed by atoms with E-state index in [0.717, 1.165) is 31.2 Å². The normalized spacial score (nSPS) is 22.7. The maximum atomic E-state index is 5.80. The van der Waals surface area contributed by atoms with Crippen LogP contribution in [0.1, 0.15) is 51.5 Å². The molecule has 1 aromatic carbocycles. The van der Waals surface area contributed by atoms with Gasteiger partial charge in [0.15, 0.2) is 0 Å². The van der Waals surface area contributed by atoms with Crippen LogP contribution in [0.25, 0.3) is 0 Å². The van der Waals surface area contributed by atoms with E-state index < -0.39 is 0 Å². The Balaban J connectivity index is 1.65. The number of nitrogens with one attached hydrogen (secondary N) is 1. The molecule has 112 valence electrons. The van der Waals surface area contributed by atoms with E-state index >= 15 is 0 Å². The van der Waals surface area contributed by atoms with E-state index in [1.54, 1.807) is 0 Å². The van der Waals surface area contributed by atoms with Gasteiger partial charge in [-0.15, -0.1) is 0 Å². The third-order valence-electron chi connectivity index (χ3n) is 4.35. The van der Waals surface area contributed by atoms with E-state index in [0.29, 0.717) is 6.04 Å². The van der Waals surface area contributed by atoms with Crippen molar-refractivity contribution >= 4 is 0 Å². The Bertz CT molecular complexity index is 374. The average molecular weight is 275 g/mol. The van der Waals surface area contributed by atoms with E-state index in [1.165, 1.54) is 37.7 Å². The van der Waals surface area contributed by atoms with Gasteiger partial charge >= 0.3 is 0 Å². The Morgan fingerprint density at radius 2 is 1.90 bits per heavy atom. The maximum Gasteiger partial charge on any atom is 0.119 e. The van der Waals surface area contributed by atoms with Gasteiger partial charge in [-0.25, -0.2) is 0 Å². The molecule has 1 aliphatic carbocycles. The van der Waals surface area contributed by atoms with Gasteiger partial charge in [0.1, 0.15) is 12.4 Å². The first-order valence-corrected chi connectivity index (χ1v) is 8.24. The molecule has 0 radical (unpaired) electrons. The third kappa shape index (κ3) is 4.82. The fraction of sp³-hybridized carbons (Fsp3) is 0.667. The van der Waals surface area contributed by atoms with E-state index in [-0.39, 0.29) is 0 Å². The van der Waals surface area contributed by atoms with Crippen LogP contribution in [-0.4, -0.2) is 19.2 Å². The highest BCUT2D eigenvalue weighted by Gasteiger charge is 2.20. The van der Waals surface area contributed by atoms with Gasteiger partial charge in [0, 0.05) is 12.6 Å². The number of rotatable bonds is 7. The minimum Gasteiger partial charge on any atom is -0.492 e. The number of ether oxygens (including phenoxy) is 1. The monoisotopic (exact) mass is 275 g/mol. The van der Waals surface area contributed by atoms with Crippen molar-refractivity contribution in [1.29, 1.82) is 0 Å². The Kier molecular flexibility index (Phi) is 6.38. The molecule has 2 rings (SSSR count). The lowest BCUT2D eigenvalue weighted by Gasteiger charge is -2.29. The summed E-state index contributed by atoms with van der Waals surface area (Å²) in [6.07, 6.45) is 7.83. The summed E-state index contributed by atoms with van der Waals surface area (Å²) in [6, 6.07) is 9.23. The quantitative estimate of drug-likeness (QED) is 0.754. The predicted molar refractivity (Wildman–Crippen MR) is 85.4 cm³/mol. The lowest BCUT2D eigenvalue weighted by atomic mass is 9.86. The van der Waals surface area contributed by atoms with E-state index in [1.807, 2.05) is 0 Å². The zero-order valence-electron chi connectivity index (χ0n) is 13.0. The highest BCUT2D eigenvalue weighted by Crippen LogP contribution is 2.23.